The molecule has 0 heterocycles. The van der Waals surface area contributed by atoms with Crippen molar-refractivity contribution in [2.75, 3.05) is 0 Å². The second kappa shape index (κ2) is 3.81. The van der Waals surface area contributed by atoms with Gasteiger partial charge >= 0.3 is 6.18 Å². The molecule has 0 amide bonds. The molecule has 0 saturated carbocycles. The molecule has 0 nitrogen and oxygen atoms in total. The monoisotopic (exact) mass is 196 g/mol. The van der Waals surface area contributed by atoms with Crippen LogP contribution < -0.4 is 0 Å². The lowest BCUT2D eigenvalue weighted by Gasteiger charge is -2.05. The molecule has 0 aliphatic heterocycles. The highest BCUT2D eigenvalue weighted by Crippen LogP contribution is 2.30. The highest BCUT2D eigenvalue weighted by molar-refractivity contribution is 6.30. The molecular weight excluding hydrogens is 189 g/mol. The van der Waals surface area contributed by atoms with E-state index in [0.717, 1.165) is 12.1 Å². The first-order chi connectivity index (χ1) is 5.00. The maximum Gasteiger partial charge on any atom is 0.416 e. The molecule has 0 unspecified atom stereocenters. The Kier molecular flexibility index (Phi) is 3.58. The summed E-state index contributed by atoms with van der Waals surface area (Å²) in [5.74, 6) is 0. The molecule has 1 aromatic carbocycles. The van der Waals surface area contributed by atoms with Crippen molar-refractivity contribution in [1.82, 2.24) is 0 Å². The van der Waals surface area contributed by atoms with Crippen molar-refractivity contribution in [3.05, 3.63) is 34.9 Å². The molecule has 0 bridgehead atoms. The van der Waals surface area contributed by atoms with Crippen LogP contribution in [-0.4, -0.2) is 0 Å². The average molecular weight is 197 g/mol. The number of hydrogen-bond donors (Lipinski definition) is 0. The van der Waals surface area contributed by atoms with Gasteiger partial charge in [-0.25, -0.2) is 0 Å². The van der Waals surface area contributed by atoms with Crippen molar-refractivity contribution in [2.24, 2.45) is 0 Å². The molecule has 68 valence electrons. The summed E-state index contributed by atoms with van der Waals surface area (Å²) < 4.78 is 35.7. The Balaban J connectivity index is 0.00000121. The van der Waals surface area contributed by atoms with Crippen molar-refractivity contribution in [1.29, 1.82) is 0 Å². The van der Waals surface area contributed by atoms with Crippen molar-refractivity contribution in [3.8, 4) is 0 Å². The topological polar surface area (TPSA) is 0 Å². The lowest BCUT2D eigenvalue weighted by molar-refractivity contribution is -0.137. The van der Waals surface area contributed by atoms with Crippen LogP contribution in [0, 0.1) is 0 Å². The van der Waals surface area contributed by atoms with Gasteiger partial charge in [0.05, 0.1) is 5.56 Å². The summed E-state index contributed by atoms with van der Waals surface area (Å²) in [4.78, 5) is 0. The zero-order valence-corrected chi connectivity index (χ0v) is 6.08. The fourth-order valence-corrected chi connectivity index (χ4v) is 0.855. The molecule has 0 spiro atoms. The summed E-state index contributed by atoms with van der Waals surface area (Å²) in [7, 11) is 0. The predicted molar refractivity (Wildman–Crippen MR) is 43.2 cm³/mol. The lowest BCUT2D eigenvalue weighted by atomic mass is 10.2. The van der Waals surface area contributed by atoms with Gasteiger partial charge in [0.25, 0.3) is 0 Å². The van der Waals surface area contributed by atoms with Crippen LogP contribution in [0.4, 0.5) is 13.2 Å². The molecule has 12 heavy (non-hydrogen) atoms. The van der Waals surface area contributed by atoms with Crippen molar-refractivity contribution < 1.29 is 13.2 Å². The third-order valence-electron chi connectivity index (χ3n) is 1.15. The SMILES string of the molecule is C.FC(F)(F)c1cccc(Cl)c1. The van der Waals surface area contributed by atoms with Gasteiger partial charge in [0.2, 0.25) is 0 Å². The Labute approximate surface area is 74.0 Å². The normalized spacial score (nSPS) is 10.7. The smallest absolute Gasteiger partial charge is 0.166 e. The molecule has 0 aliphatic rings. The van der Waals surface area contributed by atoms with E-state index in [0.29, 0.717) is 0 Å². The van der Waals surface area contributed by atoms with Gasteiger partial charge in [-0.15, -0.1) is 0 Å². The van der Waals surface area contributed by atoms with E-state index in [1.165, 1.54) is 12.1 Å². The molecule has 0 aliphatic carbocycles. The van der Waals surface area contributed by atoms with Gasteiger partial charge in [0, 0.05) is 5.02 Å². The lowest BCUT2D eigenvalue weighted by Crippen LogP contribution is -2.03. The van der Waals surface area contributed by atoms with E-state index in [-0.39, 0.29) is 12.4 Å². The molecule has 0 radical (unpaired) electrons. The van der Waals surface area contributed by atoms with Gasteiger partial charge in [-0.1, -0.05) is 25.1 Å². The van der Waals surface area contributed by atoms with Crippen LogP contribution in [-0.2, 0) is 6.18 Å². The largest absolute Gasteiger partial charge is 0.416 e. The van der Waals surface area contributed by atoms with Crippen molar-refractivity contribution in [2.45, 2.75) is 13.6 Å². The maximum absolute atomic E-state index is 11.9. The highest BCUT2D eigenvalue weighted by Gasteiger charge is 2.30. The van der Waals surface area contributed by atoms with E-state index in [1.54, 1.807) is 0 Å². The van der Waals surface area contributed by atoms with E-state index < -0.39 is 11.7 Å². The summed E-state index contributed by atoms with van der Waals surface area (Å²) in [6, 6.07) is 4.54. The fourth-order valence-electron chi connectivity index (χ4n) is 0.665. The molecule has 0 fully saturated rings. The van der Waals surface area contributed by atoms with Crippen LogP contribution in [0.15, 0.2) is 24.3 Å². The first-order valence-corrected chi connectivity index (χ1v) is 3.21. The summed E-state index contributed by atoms with van der Waals surface area (Å²) in [5.41, 5.74) is -0.718. The first-order valence-electron chi connectivity index (χ1n) is 2.83. The van der Waals surface area contributed by atoms with E-state index >= 15 is 0 Å². The van der Waals surface area contributed by atoms with Crippen LogP contribution in [0.1, 0.15) is 13.0 Å². The van der Waals surface area contributed by atoms with E-state index in [1.807, 2.05) is 0 Å². The Morgan fingerprint density at radius 2 is 1.75 bits per heavy atom. The maximum atomic E-state index is 11.9. The summed E-state index contributed by atoms with van der Waals surface area (Å²) in [6.45, 7) is 0. The minimum atomic E-state index is -4.30. The first kappa shape index (κ1) is 11.3. The Morgan fingerprint density at radius 3 is 2.08 bits per heavy atom. The fraction of sp³-hybridized carbons (Fsp3) is 0.250. The van der Waals surface area contributed by atoms with Gasteiger partial charge in [-0.05, 0) is 18.2 Å². The summed E-state index contributed by atoms with van der Waals surface area (Å²) >= 11 is 5.35. The van der Waals surface area contributed by atoms with Crippen LogP contribution in [0.25, 0.3) is 0 Å². The van der Waals surface area contributed by atoms with Crippen LogP contribution in [0.2, 0.25) is 5.02 Å². The zero-order chi connectivity index (χ0) is 8.48. The molecule has 1 aromatic rings. The second-order valence-electron chi connectivity index (χ2n) is 2.01. The van der Waals surface area contributed by atoms with Crippen LogP contribution >= 0.6 is 11.6 Å². The molecule has 0 saturated heterocycles. The van der Waals surface area contributed by atoms with Gasteiger partial charge in [-0.3, -0.25) is 0 Å². The predicted octanol–water partition coefficient (Wildman–Crippen LogP) is 3.99. The standard InChI is InChI=1S/C7H4ClF3.CH4/c8-6-3-1-2-5(4-6)7(9,10)11;/h1-4H;1H4. The molecule has 4 heteroatoms. The van der Waals surface area contributed by atoms with E-state index in [9.17, 15) is 13.2 Å². The third kappa shape index (κ3) is 2.74. The van der Waals surface area contributed by atoms with Crippen molar-refractivity contribution in [3.63, 3.8) is 0 Å². The van der Waals surface area contributed by atoms with E-state index in [2.05, 4.69) is 0 Å². The summed E-state index contributed by atoms with van der Waals surface area (Å²) in [6.07, 6.45) is -4.30. The molecule has 0 N–H and O–H groups in total. The minimum absolute atomic E-state index is 0. The van der Waals surface area contributed by atoms with Gasteiger partial charge in [-0.2, -0.15) is 13.2 Å². The average Bonchev–Trinajstić information content (AvgIpc) is 1.86. The number of hydrogen-bond acceptors (Lipinski definition) is 0. The molecule has 0 atom stereocenters. The summed E-state index contributed by atoms with van der Waals surface area (Å²) in [5, 5.41) is 0.0971. The Bertz CT molecular complexity index is 255. The zero-order valence-electron chi connectivity index (χ0n) is 5.32. The van der Waals surface area contributed by atoms with E-state index in [4.69, 9.17) is 11.6 Å². The van der Waals surface area contributed by atoms with Gasteiger partial charge in [0.1, 0.15) is 0 Å². The number of benzene rings is 1. The number of alkyl halides is 3. The molecule has 1 rings (SSSR count). The Hall–Kier alpha value is -0.700. The van der Waals surface area contributed by atoms with Gasteiger partial charge < -0.3 is 0 Å². The van der Waals surface area contributed by atoms with Crippen molar-refractivity contribution >= 4 is 11.6 Å². The number of halogens is 4. The quantitative estimate of drug-likeness (QED) is 0.589. The Morgan fingerprint density at radius 1 is 1.17 bits per heavy atom. The van der Waals surface area contributed by atoms with Crippen LogP contribution in [0.5, 0.6) is 0 Å². The minimum Gasteiger partial charge on any atom is -0.166 e. The van der Waals surface area contributed by atoms with Crippen LogP contribution in [0.3, 0.4) is 0 Å². The molecular formula is C8H8ClF3. The third-order valence-corrected chi connectivity index (χ3v) is 1.39. The second-order valence-corrected chi connectivity index (χ2v) is 2.44. The highest BCUT2D eigenvalue weighted by atomic mass is 35.5. The number of rotatable bonds is 0. The van der Waals surface area contributed by atoms with Gasteiger partial charge in [0.15, 0.2) is 0 Å². The molecule has 0 aromatic heterocycles.